The number of nitrogens with two attached hydrogens (primary N) is 2. The molecule has 1 aromatic carbocycles. The smallest absolute Gasteiger partial charge is 0.338 e. The quantitative estimate of drug-likeness (QED) is 0.134. The van der Waals surface area contributed by atoms with E-state index in [1.54, 1.807) is 31.2 Å². The van der Waals surface area contributed by atoms with Crippen LogP contribution in [-0.2, 0) is 19.6 Å². The highest BCUT2D eigenvalue weighted by Gasteiger charge is 2.08. The molecule has 0 aliphatic carbocycles. The molecule has 0 aliphatic heterocycles. The molecule has 0 saturated heterocycles. The number of hydrogen-bond acceptors (Lipinski definition) is 7. The highest BCUT2D eigenvalue weighted by Crippen LogP contribution is 2.14. The number of rotatable bonds is 9. The lowest BCUT2D eigenvalue weighted by Gasteiger charge is -2.05. The molecule has 0 bridgehead atoms. The predicted molar refractivity (Wildman–Crippen MR) is 111 cm³/mol. The molecule has 0 amide bonds. The minimum absolute atomic E-state index is 0. The molecule has 164 valence electrons. The van der Waals surface area contributed by atoms with E-state index >= 15 is 0 Å². The van der Waals surface area contributed by atoms with E-state index in [1.165, 1.54) is 0 Å². The van der Waals surface area contributed by atoms with E-state index in [-0.39, 0.29) is 16.2 Å². The Bertz CT molecular complexity index is 749. The number of esters is 2. The van der Waals surface area contributed by atoms with Crippen LogP contribution in [0.2, 0.25) is 0 Å². The summed E-state index contributed by atoms with van der Waals surface area (Å²) in [4.78, 5) is 27.0. The minimum atomic E-state index is -3.67. The Kier molecular flexibility index (Phi) is 12.2. The molecule has 0 aromatic heterocycles. The van der Waals surface area contributed by atoms with Crippen molar-refractivity contribution in [3.63, 3.8) is 0 Å². The van der Waals surface area contributed by atoms with Crippen LogP contribution in [0, 0.1) is 0 Å². The van der Waals surface area contributed by atoms with Crippen LogP contribution in [0.25, 0.3) is 0 Å². The monoisotopic (exact) mass is 423 g/mol. The van der Waals surface area contributed by atoms with Crippen LogP contribution in [0.15, 0.2) is 29.3 Å². The molecule has 1 aromatic rings. The van der Waals surface area contributed by atoms with Crippen LogP contribution >= 0.6 is 0 Å². The molecule has 0 aliphatic rings. The zero-order chi connectivity index (χ0) is 21.6. The van der Waals surface area contributed by atoms with Crippen LogP contribution in [-0.4, -0.2) is 50.3 Å². The van der Waals surface area contributed by atoms with Gasteiger partial charge in [0.15, 0.2) is 5.96 Å². The van der Waals surface area contributed by atoms with E-state index in [1.807, 2.05) is 0 Å². The lowest BCUT2D eigenvalue weighted by Crippen LogP contribution is -2.22. The van der Waals surface area contributed by atoms with Crippen molar-refractivity contribution in [2.75, 3.05) is 19.4 Å². The Balaban J connectivity index is -0.000000409. The Labute approximate surface area is 169 Å². The molecular weight excluding hydrogens is 390 g/mol. The van der Waals surface area contributed by atoms with E-state index in [9.17, 15) is 18.0 Å². The van der Waals surface area contributed by atoms with Gasteiger partial charge in [-0.1, -0.05) is 6.42 Å². The number of benzene rings is 1. The second-order valence-electron chi connectivity index (χ2n) is 5.57. The molecule has 28 heavy (non-hydrogen) atoms. The number of carbonyl (C=O) groups is 2. The number of aliphatic imine (C=N–C) groups is 1. The maximum Gasteiger partial charge on any atom is 0.338 e. The number of ether oxygens (including phenoxy) is 2. The molecule has 0 atom stereocenters. The van der Waals surface area contributed by atoms with Gasteiger partial charge >= 0.3 is 11.9 Å². The molecule has 5 N–H and O–H groups in total. The fourth-order valence-corrected chi connectivity index (χ4v) is 1.82. The van der Waals surface area contributed by atoms with Gasteiger partial charge in [0.05, 0.1) is 18.4 Å². The largest absolute Gasteiger partial charge is 0.462 e. The third-order valence-corrected chi connectivity index (χ3v) is 2.93. The van der Waals surface area contributed by atoms with Gasteiger partial charge in [0, 0.05) is 17.2 Å². The summed E-state index contributed by atoms with van der Waals surface area (Å²) in [5.41, 5.74) is 10.8. The summed E-state index contributed by atoms with van der Waals surface area (Å²) in [6.45, 7) is 2.62. The van der Waals surface area contributed by atoms with Gasteiger partial charge in [-0.3, -0.25) is 14.3 Å². The SMILES string of the molecule is CCOC(=O)c1ccc(OC(=O)CCCCCN=C(N)N)cc1.CS(=O)(=O)O.[HH].[HH].[HH]. The third-order valence-electron chi connectivity index (χ3n) is 2.93. The van der Waals surface area contributed by atoms with Crippen molar-refractivity contribution in [3.05, 3.63) is 29.8 Å². The van der Waals surface area contributed by atoms with E-state index in [0.29, 0.717) is 43.6 Å². The molecule has 1 rings (SSSR count). The average Bonchev–Trinajstić information content (AvgIpc) is 2.57. The summed E-state index contributed by atoms with van der Waals surface area (Å²) in [6, 6.07) is 6.28. The Morgan fingerprint density at radius 2 is 1.71 bits per heavy atom. The van der Waals surface area contributed by atoms with Crippen LogP contribution in [0.5, 0.6) is 5.75 Å². The third kappa shape index (κ3) is 15.6. The summed E-state index contributed by atoms with van der Waals surface area (Å²) < 4.78 is 35.9. The van der Waals surface area contributed by atoms with E-state index < -0.39 is 16.1 Å². The summed E-state index contributed by atoms with van der Waals surface area (Å²) in [5.74, 6) is -0.221. The van der Waals surface area contributed by atoms with Crippen LogP contribution in [0.4, 0.5) is 0 Å². The molecule has 0 fully saturated rings. The fourth-order valence-electron chi connectivity index (χ4n) is 1.82. The van der Waals surface area contributed by atoms with Gasteiger partial charge in [-0.05, 0) is 44.0 Å². The van der Waals surface area contributed by atoms with Crippen molar-refractivity contribution in [3.8, 4) is 5.75 Å². The Hall–Kier alpha value is -2.66. The maximum absolute atomic E-state index is 11.7. The molecule has 0 unspecified atom stereocenters. The summed E-state index contributed by atoms with van der Waals surface area (Å²) in [6.07, 6.45) is 3.40. The first-order valence-corrected chi connectivity index (χ1v) is 10.3. The first kappa shape index (κ1) is 25.3. The molecule has 10 nitrogen and oxygen atoms in total. The lowest BCUT2D eigenvalue weighted by atomic mass is 10.2. The highest BCUT2D eigenvalue weighted by molar-refractivity contribution is 7.85. The van der Waals surface area contributed by atoms with Gasteiger partial charge < -0.3 is 20.9 Å². The van der Waals surface area contributed by atoms with Gasteiger partial charge in [0.2, 0.25) is 0 Å². The Morgan fingerprint density at radius 3 is 2.21 bits per heavy atom. The Morgan fingerprint density at radius 1 is 1.14 bits per heavy atom. The zero-order valence-electron chi connectivity index (χ0n) is 16.0. The standard InChI is InChI=1S/C16H23N3O4.CH4O3S.3H2/c1-2-22-15(21)12-7-9-13(10-8-12)23-14(20)6-4-3-5-11-19-16(17)18;1-5(2,3)4;;;/h7-10H,2-6,11H2,1H3,(H4,17,18,19);1H3,(H,2,3,4);3*1H. The van der Waals surface area contributed by atoms with Crippen molar-refractivity contribution >= 4 is 28.0 Å². The second kappa shape index (κ2) is 13.5. The van der Waals surface area contributed by atoms with Crippen LogP contribution in [0.3, 0.4) is 0 Å². The molecule has 0 radical (unpaired) electrons. The molecule has 0 saturated carbocycles. The van der Waals surface area contributed by atoms with Crippen molar-refractivity contribution in [2.45, 2.75) is 32.6 Å². The second-order valence-corrected chi connectivity index (χ2v) is 7.04. The minimum Gasteiger partial charge on any atom is -0.462 e. The van der Waals surface area contributed by atoms with Crippen LogP contribution in [0.1, 0.15) is 47.2 Å². The van der Waals surface area contributed by atoms with Gasteiger partial charge in [-0.2, -0.15) is 8.42 Å². The normalized spacial score (nSPS) is 10.2. The summed E-state index contributed by atoms with van der Waals surface area (Å²) in [7, 11) is -3.67. The first-order chi connectivity index (χ1) is 13.0. The average molecular weight is 424 g/mol. The fraction of sp³-hybridized carbons (Fsp3) is 0.471. The van der Waals surface area contributed by atoms with Crippen molar-refractivity contribution in [2.24, 2.45) is 16.5 Å². The van der Waals surface area contributed by atoms with E-state index in [4.69, 9.17) is 25.5 Å². The van der Waals surface area contributed by atoms with Gasteiger partial charge in [0.25, 0.3) is 10.1 Å². The summed E-state index contributed by atoms with van der Waals surface area (Å²) in [5, 5.41) is 0. The highest BCUT2D eigenvalue weighted by atomic mass is 32.2. The molecule has 0 heterocycles. The van der Waals surface area contributed by atoms with Crippen molar-refractivity contribution in [1.82, 2.24) is 0 Å². The van der Waals surface area contributed by atoms with Crippen LogP contribution < -0.4 is 16.2 Å². The van der Waals surface area contributed by atoms with Gasteiger partial charge in [-0.25, -0.2) is 4.79 Å². The number of unbranched alkanes of at least 4 members (excludes halogenated alkanes) is 2. The number of guanidine groups is 1. The number of hydrogen-bond donors (Lipinski definition) is 3. The number of nitrogens with zero attached hydrogens (tertiary/aromatic N) is 1. The van der Waals surface area contributed by atoms with Crippen molar-refractivity contribution in [1.29, 1.82) is 0 Å². The summed E-state index contributed by atoms with van der Waals surface area (Å²) >= 11 is 0. The van der Waals surface area contributed by atoms with Crippen molar-refractivity contribution < 1.29 is 36.3 Å². The molecular formula is C17H33N3O7S. The zero-order valence-corrected chi connectivity index (χ0v) is 16.8. The van der Waals surface area contributed by atoms with Gasteiger partial charge in [0.1, 0.15) is 5.75 Å². The first-order valence-electron chi connectivity index (χ1n) is 8.48. The predicted octanol–water partition coefficient (Wildman–Crippen LogP) is 1.84. The van der Waals surface area contributed by atoms with E-state index in [2.05, 4.69) is 4.99 Å². The van der Waals surface area contributed by atoms with Gasteiger partial charge in [-0.15, -0.1) is 0 Å². The number of carbonyl (C=O) groups excluding carboxylic acids is 2. The maximum atomic E-state index is 11.7. The topological polar surface area (TPSA) is 171 Å². The molecule has 0 spiro atoms. The lowest BCUT2D eigenvalue weighted by molar-refractivity contribution is -0.134. The molecule has 11 heteroatoms. The van der Waals surface area contributed by atoms with E-state index in [0.717, 1.165) is 12.8 Å².